The smallest absolute Gasteiger partial charge is 0.271 e. The van der Waals surface area contributed by atoms with Gasteiger partial charge in [-0.05, 0) is 43.2 Å². The molecule has 0 atom stereocenters. The zero-order valence-corrected chi connectivity index (χ0v) is 14.0. The molecule has 1 saturated carbocycles. The summed E-state index contributed by atoms with van der Waals surface area (Å²) in [4.78, 5) is 14.7. The number of nitrogens with two attached hydrogens (primary N) is 1. The molecule has 1 aromatic heterocycles. The molecule has 6 nitrogen and oxygen atoms in total. The van der Waals surface area contributed by atoms with Gasteiger partial charge in [0, 0.05) is 17.8 Å². The minimum absolute atomic E-state index is 0.162. The fourth-order valence-corrected chi connectivity index (χ4v) is 3.41. The summed E-state index contributed by atoms with van der Waals surface area (Å²) >= 11 is 0. The minimum atomic E-state index is -0.175. The molecule has 5 N–H and O–H groups in total. The molecule has 0 radical (unpaired) electrons. The second-order valence-electron chi connectivity index (χ2n) is 6.43. The molecule has 1 aliphatic carbocycles. The summed E-state index contributed by atoms with van der Waals surface area (Å²) in [6, 6.07) is 12.6. The van der Waals surface area contributed by atoms with E-state index in [0.717, 1.165) is 25.7 Å². The number of rotatable bonds is 5. The highest BCUT2D eigenvalue weighted by Gasteiger charge is 2.22. The Hall–Kier alpha value is -2.89. The fraction of sp³-hybridized carbons (Fsp3) is 0.316. The Balaban J connectivity index is 1.65. The Morgan fingerprint density at radius 1 is 1.24 bits per heavy atom. The van der Waals surface area contributed by atoms with Crippen molar-refractivity contribution in [2.75, 3.05) is 5.32 Å². The van der Waals surface area contributed by atoms with Crippen LogP contribution in [0.3, 0.4) is 0 Å². The molecule has 1 aliphatic rings. The molecule has 1 aromatic carbocycles. The van der Waals surface area contributed by atoms with Gasteiger partial charge in [-0.15, -0.1) is 0 Å². The van der Waals surface area contributed by atoms with Crippen LogP contribution < -0.4 is 16.7 Å². The highest BCUT2D eigenvalue weighted by molar-refractivity contribution is 6.36. The van der Waals surface area contributed by atoms with Crippen molar-refractivity contribution in [2.45, 2.75) is 37.6 Å². The number of aromatic amines is 1. The van der Waals surface area contributed by atoms with Crippen molar-refractivity contribution in [1.82, 2.24) is 4.98 Å². The van der Waals surface area contributed by atoms with E-state index in [1.807, 2.05) is 6.07 Å². The number of hydrogen-bond acceptors (Lipinski definition) is 5. The molecule has 0 saturated heterocycles. The number of pyridine rings is 1. The SMILES string of the molecule is N=C(/C=N\N)c1c[nH]c(=O)c(NC2CCC(c3ccccc3)CC2)c1. The molecule has 0 bridgehead atoms. The number of nitrogens with zero attached hydrogens (tertiary/aromatic N) is 1. The second kappa shape index (κ2) is 7.79. The molecule has 25 heavy (non-hydrogen) atoms. The maximum atomic E-state index is 12.1. The van der Waals surface area contributed by atoms with Crippen molar-refractivity contribution in [3.05, 3.63) is 64.1 Å². The summed E-state index contributed by atoms with van der Waals surface area (Å²) in [5, 5.41) is 14.6. The molecular weight excluding hydrogens is 314 g/mol. The van der Waals surface area contributed by atoms with Gasteiger partial charge < -0.3 is 16.1 Å². The third-order valence-corrected chi connectivity index (χ3v) is 4.78. The van der Waals surface area contributed by atoms with Crippen molar-refractivity contribution in [3.63, 3.8) is 0 Å². The first kappa shape index (κ1) is 17.0. The van der Waals surface area contributed by atoms with Crippen LogP contribution in [0.25, 0.3) is 0 Å². The van der Waals surface area contributed by atoms with Crippen LogP contribution in [0.4, 0.5) is 5.69 Å². The van der Waals surface area contributed by atoms with Gasteiger partial charge in [0.05, 0.1) is 11.9 Å². The number of hydrogen-bond donors (Lipinski definition) is 4. The molecule has 2 aromatic rings. The van der Waals surface area contributed by atoms with Crippen LogP contribution in [0, 0.1) is 5.41 Å². The monoisotopic (exact) mass is 337 g/mol. The Kier molecular flexibility index (Phi) is 5.28. The highest BCUT2D eigenvalue weighted by Crippen LogP contribution is 2.33. The van der Waals surface area contributed by atoms with Crippen molar-refractivity contribution in [2.24, 2.45) is 10.9 Å². The normalized spacial score (nSPS) is 20.5. The van der Waals surface area contributed by atoms with Gasteiger partial charge in [0.2, 0.25) is 0 Å². The average Bonchev–Trinajstić information content (AvgIpc) is 2.65. The van der Waals surface area contributed by atoms with Gasteiger partial charge in [-0.2, -0.15) is 5.10 Å². The minimum Gasteiger partial charge on any atom is -0.378 e. The number of aromatic nitrogens is 1. The van der Waals surface area contributed by atoms with Gasteiger partial charge in [-0.25, -0.2) is 0 Å². The lowest BCUT2D eigenvalue weighted by molar-refractivity contribution is 0.412. The van der Waals surface area contributed by atoms with Crippen molar-refractivity contribution >= 4 is 17.6 Å². The summed E-state index contributed by atoms with van der Waals surface area (Å²) in [6.45, 7) is 0. The lowest BCUT2D eigenvalue weighted by Crippen LogP contribution is -2.28. The molecule has 0 spiro atoms. The molecular formula is C19H23N5O. The molecule has 0 aliphatic heterocycles. The fourth-order valence-electron chi connectivity index (χ4n) is 3.41. The molecule has 0 amide bonds. The lowest BCUT2D eigenvalue weighted by Gasteiger charge is -2.29. The molecule has 6 heteroatoms. The van der Waals surface area contributed by atoms with Crippen LogP contribution in [-0.2, 0) is 0 Å². The third kappa shape index (κ3) is 4.15. The molecule has 3 rings (SSSR count). The van der Waals surface area contributed by atoms with E-state index < -0.39 is 0 Å². The van der Waals surface area contributed by atoms with E-state index in [1.165, 1.54) is 18.0 Å². The lowest BCUT2D eigenvalue weighted by atomic mass is 9.82. The van der Waals surface area contributed by atoms with Gasteiger partial charge in [-0.1, -0.05) is 30.3 Å². The second-order valence-corrected chi connectivity index (χ2v) is 6.43. The van der Waals surface area contributed by atoms with Crippen LogP contribution in [-0.4, -0.2) is 23.0 Å². The first-order valence-corrected chi connectivity index (χ1v) is 8.53. The van der Waals surface area contributed by atoms with Gasteiger partial charge >= 0.3 is 0 Å². The summed E-state index contributed by atoms with van der Waals surface area (Å²) in [5.41, 5.74) is 2.46. The van der Waals surface area contributed by atoms with Gasteiger partial charge in [0.25, 0.3) is 5.56 Å². The molecule has 1 fully saturated rings. The van der Waals surface area contributed by atoms with E-state index in [9.17, 15) is 4.79 Å². The summed E-state index contributed by atoms with van der Waals surface area (Å²) < 4.78 is 0. The molecule has 1 heterocycles. The molecule has 130 valence electrons. The number of anilines is 1. The van der Waals surface area contributed by atoms with Gasteiger partial charge in [-0.3, -0.25) is 10.2 Å². The van der Waals surface area contributed by atoms with Gasteiger partial charge in [0.15, 0.2) is 0 Å². The first-order chi connectivity index (χ1) is 12.2. The number of H-pyrrole nitrogens is 1. The van der Waals surface area contributed by atoms with Crippen LogP contribution in [0.15, 0.2) is 52.5 Å². The van der Waals surface area contributed by atoms with E-state index in [4.69, 9.17) is 11.3 Å². The van der Waals surface area contributed by atoms with E-state index in [0.29, 0.717) is 17.2 Å². The topological polar surface area (TPSA) is 107 Å². The largest absolute Gasteiger partial charge is 0.378 e. The third-order valence-electron chi connectivity index (χ3n) is 4.78. The van der Waals surface area contributed by atoms with E-state index in [-0.39, 0.29) is 17.3 Å². The van der Waals surface area contributed by atoms with Crippen LogP contribution >= 0.6 is 0 Å². The zero-order chi connectivity index (χ0) is 17.6. The van der Waals surface area contributed by atoms with Crippen molar-refractivity contribution in [1.29, 1.82) is 5.41 Å². The summed E-state index contributed by atoms with van der Waals surface area (Å²) in [6.07, 6.45) is 7.01. The maximum absolute atomic E-state index is 12.1. The maximum Gasteiger partial charge on any atom is 0.271 e. The van der Waals surface area contributed by atoms with Crippen LogP contribution in [0.2, 0.25) is 0 Å². The highest BCUT2D eigenvalue weighted by atomic mass is 16.1. The van der Waals surface area contributed by atoms with Crippen LogP contribution in [0.1, 0.15) is 42.7 Å². The Bertz CT molecular complexity index is 804. The Morgan fingerprint density at radius 3 is 2.64 bits per heavy atom. The van der Waals surface area contributed by atoms with Gasteiger partial charge in [0.1, 0.15) is 5.69 Å². The van der Waals surface area contributed by atoms with Crippen molar-refractivity contribution < 1.29 is 0 Å². The number of hydrazone groups is 1. The predicted octanol–water partition coefficient (Wildman–Crippen LogP) is 2.83. The van der Waals surface area contributed by atoms with Crippen LogP contribution in [0.5, 0.6) is 0 Å². The molecule has 0 unspecified atom stereocenters. The first-order valence-electron chi connectivity index (χ1n) is 8.53. The Labute approximate surface area is 146 Å². The average molecular weight is 337 g/mol. The number of benzene rings is 1. The summed E-state index contributed by atoms with van der Waals surface area (Å²) in [7, 11) is 0. The van der Waals surface area contributed by atoms with E-state index in [1.54, 1.807) is 6.07 Å². The quantitative estimate of drug-likeness (QED) is 0.383. The number of nitrogens with one attached hydrogen (secondary N) is 3. The van der Waals surface area contributed by atoms with Crippen molar-refractivity contribution in [3.8, 4) is 0 Å². The standard InChI is InChI=1S/C19H23N5O/c20-17(12-23-21)15-10-18(19(25)22-11-15)24-16-8-6-14(7-9-16)13-4-2-1-3-5-13/h1-5,10-12,14,16,20,24H,6-9,21H2,(H,22,25)/b20-17?,23-12-. The van der Waals surface area contributed by atoms with E-state index >= 15 is 0 Å². The Morgan fingerprint density at radius 2 is 1.96 bits per heavy atom. The predicted molar refractivity (Wildman–Crippen MR) is 102 cm³/mol. The zero-order valence-electron chi connectivity index (χ0n) is 14.0. The summed E-state index contributed by atoms with van der Waals surface area (Å²) in [5.74, 6) is 5.68. The van der Waals surface area contributed by atoms with E-state index in [2.05, 4.69) is 39.7 Å².